The molecule has 0 spiro atoms. The summed E-state index contributed by atoms with van der Waals surface area (Å²) in [5.74, 6) is 0.780. The van der Waals surface area contributed by atoms with E-state index in [0.717, 1.165) is 11.3 Å². The lowest BCUT2D eigenvalue weighted by atomic mass is 10.2. The molecule has 26 heavy (non-hydrogen) atoms. The van der Waals surface area contributed by atoms with E-state index in [1.54, 1.807) is 23.9 Å². The molecule has 0 aliphatic carbocycles. The van der Waals surface area contributed by atoms with Crippen LogP contribution in [-0.4, -0.2) is 33.9 Å². The fraction of sp³-hybridized carbons (Fsp3) is 0.235. The van der Waals surface area contributed by atoms with Crippen molar-refractivity contribution in [1.29, 1.82) is 0 Å². The normalized spacial score (nSPS) is 12.2. The van der Waals surface area contributed by atoms with E-state index in [1.807, 2.05) is 31.2 Å². The van der Waals surface area contributed by atoms with Crippen molar-refractivity contribution in [2.75, 3.05) is 7.11 Å². The Morgan fingerprint density at radius 2 is 1.81 bits per heavy atom. The van der Waals surface area contributed by atoms with Gasteiger partial charge >= 0.3 is 6.61 Å². The van der Waals surface area contributed by atoms with Gasteiger partial charge in [-0.1, -0.05) is 36.0 Å². The Hall–Kier alpha value is -2.68. The van der Waals surface area contributed by atoms with E-state index < -0.39 is 6.61 Å². The van der Waals surface area contributed by atoms with E-state index in [0.29, 0.717) is 10.9 Å². The highest BCUT2D eigenvalue weighted by Crippen LogP contribution is 2.36. The van der Waals surface area contributed by atoms with Crippen LogP contribution >= 0.6 is 11.8 Å². The van der Waals surface area contributed by atoms with Gasteiger partial charge < -0.3 is 9.47 Å². The van der Waals surface area contributed by atoms with E-state index in [-0.39, 0.29) is 11.0 Å². The minimum atomic E-state index is -2.84. The summed E-state index contributed by atoms with van der Waals surface area (Å²) >= 11 is 1.45. The molecule has 1 atom stereocenters. The van der Waals surface area contributed by atoms with Crippen LogP contribution in [0.25, 0.3) is 5.69 Å². The highest BCUT2D eigenvalue weighted by Gasteiger charge is 2.17. The standard InChI is InChI=1S/C17H16F2N4O2S/c1-11(12-7-9-13(10-8-12)25-16(18)19)26-17-20-21-22-23(17)14-5-3-4-6-15(14)24-2/h3-11,16H,1-2H3. The summed E-state index contributed by atoms with van der Waals surface area (Å²) in [6.07, 6.45) is 0. The van der Waals surface area contributed by atoms with Crippen LogP contribution in [0.4, 0.5) is 8.78 Å². The zero-order valence-electron chi connectivity index (χ0n) is 14.0. The van der Waals surface area contributed by atoms with Gasteiger partial charge in [0.25, 0.3) is 0 Å². The van der Waals surface area contributed by atoms with Gasteiger partial charge in [-0.3, -0.25) is 0 Å². The number of halogens is 2. The van der Waals surface area contributed by atoms with Gasteiger partial charge in [-0.2, -0.15) is 13.5 Å². The number of aromatic nitrogens is 4. The predicted octanol–water partition coefficient (Wildman–Crippen LogP) is 4.13. The van der Waals surface area contributed by atoms with Crippen molar-refractivity contribution in [2.24, 2.45) is 0 Å². The molecule has 2 aromatic carbocycles. The topological polar surface area (TPSA) is 62.1 Å². The van der Waals surface area contributed by atoms with Crippen LogP contribution in [0, 0.1) is 0 Å². The number of tetrazole rings is 1. The average Bonchev–Trinajstić information content (AvgIpc) is 3.09. The Bertz CT molecular complexity index is 858. The van der Waals surface area contributed by atoms with Crippen molar-refractivity contribution in [3.05, 3.63) is 54.1 Å². The number of ether oxygens (including phenoxy) is 2. The maximum absolute atomic E-state index is 12.2. The van der Waals surface area contributed by atoms with E-state index in [2.05, 4.69) is 20.3 Å². The van der Waals surface area contributed by atoms with E-state index in [9.17, 15) is 8.78 Å². The van der Waals surface area contributed by atoms with E-state index >= 15 is 0 Å². The molecule has 0 aliphatic heterocycles. The van der Waals surface area contributed by atoms with E-state index in [1.165, 1.54) is 23.9 Å². The molecule has 0 bridgehead atoms. The van der Waals surface area contributed by atoms with Gasteiger partial charge in [-0.15, -0.1) is 5.10 Å². The van der Waals surface area contributed by atoms with Crippen molar-refractivity contribution < 1.29 is 18.3 Å². The molecule has 3 rings (SSSR count). The number of nitrogens with zero attached hydrogens (tertiary/aromatic N) is 4. The minimum Gasteiger partial charge on any atom is -0.494 e. The highest BCUT2D eigenvalue weighted by molar-refractivity contribution is 7.99. The highest BCUT2D eigenvalue weighted by atomic mass is 32.2. The first kappa shape index (κ1) is 18.1. The molecule has 0 saturated carbocycles. The third-order valence-corrected chi connectivity index (χ3v) is 4.70. The lowest BCUT2D eigenvalue weighted by molar-refractivity contribution is -0.0498. The molecule has 3 aromatic rings. The summed E-state index contributed by atoms with van der Waals surface area (Å²) in [4.78, 5) is 0. The average molecular weight is 378 g/mol. The molecule has 0 radical (unpaired) electrons. The molecule has 0 amide bonds. The molecule has 0 saturated heterocycles. The Morgan fingerprint density at radius 1 is 1.08 bits per heavy atom. The zero-order chi connectivity index (χ0) is 18.5. The zero-order valence-corrected chi connectivity index (χ0v) is 14.9. The third kappa shape index (κ3) is 4.10. The monoisotopic (exact) mass is 378 g/mol. The third-order valence-electron chi connectivity index (χ3n) is 3.61. The lowest BCUT2D eigenvalue weighted by Crippen LogP contribution is -2.03. The lowest BCUT2D eigenvalue weighted by Gasteiger charge is -2.13. The Kier molecular flexibility index (Phi) is 5.67. The first-order valence-electron chi connectivity index (χ1n) is 7.71. The molecule has 136 valence electrons. The Balaban J connectivity index is 1.78. The predicted molar refractivity (Wildman–Crippen MR) is 93.1 cm³/mol. The maximum atomic E-state index is 12.2. The number of para-hydroxylation sites is 2. The molecule has 1 unspecified atom stereocenters. The molecular weight excluding hydrogens is 362 g/mol. The molecule has 1 heterocycles. The number of hydrogen-bond donors (Lipinski definition) is 0. The summed E-state index contributed by atoms with van der Waals surface area (Å²) in [7, 11) is 1.58. The van der Waals surface area contributed by atoms with Crippen molar-refractivity contribution in [3.63, 3.8) is 0 Å². The second-order valence-electron chi connectivity index (χ2n) is 5.25. The van der Waals surface area contributed by atoms with Crippen LogP contribution < -0.4 is 9.47 Å². The van der Waals surface area contributed by atoms with Crippen LogP contribution in [0.15, 0.2) is 53.7 Å². The van der Waals surface area contributed by atoms with Gasteiger partial charge in [0.2, 0.25) is 5.16 Å². The van der Waals surface area contributed by atoms with E-state index in [4.69, 9.17) is 4.74 Å². The van der Waals surface area contributed by atoms with Gasteiger partial charge in [-0.25, -0.2) is 0 Å². The number of methoxy groups -OCH3 is 1. The van der Waals surface area contributed by atoms with Crippen LogP contribution in [0.5, 0.6) is 11.5 Å². The van der Waals surface area contributed by atoms with Crippen molar-refractivity contribution in [1.82, 2.24) is 20.2 Å². The number of thioether (sulfide) groups is 1. The second kappa shape index (κ2) is 8.13. The number of hydrogen-bond acceptors (Lipinski definition) is 6. The summed E-state index contributed by atoms with van der Waals surface area (Å²) < 4.78 is 35.8. The quantitative estimate of drug-likeness (QED) is 0.576. The number of alkyl halides is 2. The van der Waals surface area contributed by atoms with Gasteiger partial charge in [0.05, 0.1) is 7.11 Å². The van der Waals surface area contributed by atoms with Crippen molar-refractivity contribution in [2.45, 2.75) is 23.9 Å². The smallest absolute Gasteiger partial charge is 0.387 e. The number of benzene rings is 2. The van der Waals surface area contributed by atoms with Crippen molar-refractivity contribution in [3.8, 4) is 17.2 Å². The largest absolute Gasteiger partial charge is 0.494 e. The molecule has 0 fully saturated rings. The van der Waals surface area contributed by atoms with Crippen LogP contribution in [0.2, 0.25) is 0 Å². The first-order chi connectivity index (χ1) is 12.6. The Labute approximate surface area is 153 Å². The summed E-state index contributed by atoms with van der Waals surface area (Å²) in [5.41, 5.74) is 1.67. The molecule has 0 N–H and O–H groups in total. The minimum absolute atomic E-state index is 0.00458. The SMILES string of the molecule is COc1ccccc1-n1nnnc1SC(C)c1ccc(OC(F)F)cc1. The molecule has 0 aliphatic rings. The molecule has 9 heteroatoms. The van der Waals surface area contributed by atoms with Crippen LogP contribution in [-0.2, 0) is 0 Å². The molecule has 6 nitrogen and oxygen atoms in total. The Morgan fingerprint density at radius 3 is 2.50 bits per heavy atom. The number of rotatable bonds is 7. The fourth-order valence-corrected chi connectivity index (χ4v) is 3.28. The first-order valence-corrected chi connectivity index (χ1v) is 8.59. The maximum Gasteiger partial charge on any atom is 0.387 e. The molecule has 1 aromatic heterocycles. The van der Waals surface area contributed by atoms with Crippen LogP contribution in [0.3, 0.4) is 0 Å². The second-order valence-corrected chi connectivity index (χ2v) is 6.56. The summed E-state index contributed by atoms with van der Waals surface area (Å²) in [5, 5.41) is 12.5. The van der Waals surface area contributed by atoms with Crippen molar-refractivity contribution >= 4 is 11.8 Å². The summed E-state index contributed by atoms with van der Waals surface area (Å²) in [6.45, 7) is -0.854. The van der Waals surface area contributed by atoms with Gasteiger partial charge in [0, 0.05) is 5.25 Å². The van der Waals surface area contributed by atoms with Gasteiger partial charge in [0.1, 0.15) is 17.2 Å². The summed E-state index contributed by atoms with van der Waals surface area (Å²) in [6, 6.07) is 13.9. The van der Waals surface area contributed by atoms with Crippen LogP contribution in [0.1, 0.15) is 17.7 Å². The van der Waals surface area contributed by atoms with Gasteiger partial charge in [-0.05, 0) is 47.2 Å². The molecular formula is C17H16F2N4O2S. The fourth-order valence-electron chi connectivity index (χ4n) is 2.35. The van der Waals surface area contributed by atoms with Gasteiger partial charge in [0.15, 0.2) is 0 Å².